The number of piperidine rings is 1. The van der Waals surface area contributed by atoms with Gasteiger partial charge in [-0.2, -0.15) is 0 Å². The molecule has 0 spiro atoms. The van der Waals surface area contributed by atoms with Crippen molar-refractivity contribution in [1.82, 2.24) is 10.2 Å². The summed E-state index contributed by atoms with van der Waals surface area (Å²) < 4.78 is 0. The lowest BCUT2D eigenvalue weighted by molar-refractivity contribution is -0.153. The van der Waals surface area contributed by atoms with Gasteiger partial charge in [-0.05, 0) is 38.5 Å². The van der Waals surface area contributed by atoms with E-state index in [0.29, 0.717) is 25.3 Å². The molecule has 0 radical (unpaired) electrons. The van der Waals surface area contributed by atoms with Crippen LogP contribution in [0, 0.1) is 5.41 Å². The highest BCUT2D eigenvalue weighted by molar-refractivity contribution is 5.90. The number of likely N-dealkylation sites (tertiary alicyclic amines) is 1. The summed E-state index contributed by atoms with van der Waals surface area (Å²) in [5.74, 6) is -1.10. The van der Waals surface area contributed by atoms with Gasteiger partial charge in [-0.15, -0.1) is 0 Å². The SMILES string of the molecule is O=C(CC1(C(=O)O)CCCCCC1)NC1CCCN(C2CCCCC2)C1=O. The highest BCUT2D eigenvalue weighted by Gasteiger charge is 2.42. The number of hydrogen-bond donors (Lipinski definition) is 2. The molecule has 1 saturated heterocycles. The lowest BCUT2D eigenvalue weighted by atomic mass is 9.77. The summed E-state index contributed by atoms with van der Waals surface area (Å²) in [7, 11) is 0. The third-order valence-electron chi connectivity index (χ3n) is 6.84. The number of carbonyl (C=O) groups excluding carboxylic acids is 2. The molecule has 3 rings (SSSR count). The van der Waals surface area contributed by atoms with Gasteiger partial charge in [0.1, 0.15) is 6.04 Å². The molecule has 3 aliphatic rings. The van der Waals surface area contributed by atoms with E-state index in [4.69, 9.17) is 0 Å². The lowest BCUT2D eigenvalue weighted by Crippen LogP contribution is -2.56. The molecule has 6 heteroatoms. The molecule has 1 unspecified atom stereocenters. The number of amides is 2. The van der Waals surface area contributed by atoms with E-state index in [1.54, 1.807) is 0 Å². The summed E-state index contributed by atoms with van der Waals surface area (Å²) in [6.45, 7) is 0.787. The minimum atomic E-state index is -0.957. The fourth-order valence-corrected chi connectivity index (χ4v) is 5.21. The van der Waals surface area contributed by atoms with Crippen molar-refractivity contribution in [1.29, 1.82) is 0 Å². The Hall–Kier alpha value is -1.59. The topological polar surface area (TPSA) is 86.7 Å². The van der Waals surface area contributed by atoms with Gasteiger partial charge in [0.05, 0.1) is 5.41 Å². The first-order valence-corrected chi connectivity index (χ1v) is 10.9. The van der Waals surface area contributed by atoms with Crippen LogP contribution in [0.25, 0.3) is 0 Å². The number of carboxylic acids is 1. The van der Waals surface area contributed by atoms with Gasteiger partial charge in [0.15, 0.2) is 0 Å². The van der Waals surface area contributed by atoms with E-state index in [2.05, 4.69) is 5.32 Å². The molecule has 1 atom stereocenters. The average molecular weight is 379 g/mol. The van der Waals surface area contributed by atoms with Crippen molar-refractivity contribution in [3.05, 3.63) is 0 Å². The predicted molar refractivity (Wildman–Crippen MR) is 102 cm³/mol. The van der Waals surface area contributed by atoms with Gasteiger partial charge in [-0.3, -0.25) is 14.4 Å². The molecule has 3 fully saturated rings. The Labute approximate surface area is 162 Å². The van der Waals surface area contributed by atoms with Gasteiger partial charge < -0.3 is 15.3 Å². The third-order valence-corrected chi connectivity index (χ3v) is 6.84. The minimum Gasteiger partial charge on any atom is -0.481 e. The number of nitrogens with zero attached hydrogens (tertiary/aromatic N) is 1. The van der Waals surface area contributed by atoms with Crippen molar-refractivity contribution in [2.24, 2.45) is 5.41 Å². The van der Waals surface area contributed by atoms with Crippen molar-refractivity contribution in [3.63, 3.8) is 0 Å². The summed E-state index contributed by atoms with van der Waals surface area (Å²) in [5, 5.41) is 12.7. The van der Waals surface area contributed by atoms with Gasteiger partial charge in [-0.1, -0.05) is 44.9 Å². The molecule has 1 heterocycles. The van der Waals surface area contributed by atoms with Crippen molar-refractivity contribution in [2.45, 2.75) is 102 Å². The van der Waals surface area contributed by atoms with Crippen molar-refractivity contribution < 1.29 is 19.5 Å². The molecule has 152 valence electrons. The van der Waals surface area contributed by atoms with Crippen LogP contribution >= 0.6 is 0 Å². The van der Waals surface area contributed by atoms with Crippen LogP contribution in [0.3, 0.4) is 0 Å². The van der Waals surface area contributed by atoms with Crippen LogP contribution in [0.2, 0.25) is 0 Å². The average Bonchev–Trinajstić information content (AvgIpc) is 2.91. The fourth-order valence-electron chi connectivity index (χ4n) is 5.21. The van der Waals surface area contributed by atoms with Crippen LogP contribution in [0.15, 0.2) is 0 Å². The quantitative estimate of drug-likeness (QED) is 0.719. The van der Waals surface area contributed by atoms with Crippen molar-refractivity contribution in [2.75, 3.05) is 6.54 Å². The molecule has 27 heavy (non-hydrogen) atoms. The Balaban J connectivity index is 1.60. The Kier molecular flexibility index (Phi) is 6.77. The standard InChI is InChI=1S/C21H34N2O4/c24-18(15-21(20(26)27)12-6-1-2-7-13-21)22-17-11-8-14-23(19(17)25)16-9-4-3-5-10-16/h16-17H,1-15H2,(H,22,24)(H,26,27). The van der Waals surface area contributed by atoms with E-state index in [9.17, 15) is 19.5 Å². The third kappa shape index (κ3) is 4.82. The smallest absolute Gasteiger partial charge is 0.310 e. The second-order valence-corrected chi connectivity index (χ2v) is 8.76. The zero-order valence-electron chi connectivity index (χ0n) is 16.4. The minimum absolute atomic E-state index is 0.00442. The van der Waals surface area contributed by atoms with E-state index >= 15 is 0 Å². The second kappa shape index (κ2) is 9.07. The van der Waals surface area contributed by atoms with Crippen LogP contribution in [0.1, 0.15) is 89.9 Å². The highest BCUT2D eigenvalue weighted by Crippen LogP contribution is 2.38. The molecule has 0 aromatic carbocycles. The summed E-state index contributed by atoms with van der Waals surface area (Å²) in [4.78, 5) is 39.5. The first-order chi connectivity index (χ1) is 13.0. The van der Waals surface area contributed by atoms with E-state index in [-0.39, 0.29) is 18.2 Å². The fraction of sp³-hybridized carbons (Fsp3) is 0.857. The van der Waals surface area contributed by atoms with E-state index < -0.39 is 17.4 Å². The van der Waals surface area contributed by atoms with Gasteiger partial charge in [-0.25, -0.2) is 0 Å². The Bertz CT molecular complexity index is 548. The molecular weight excluding hydrogens is 344 g/mol. The summed E-state index contributed by atoms with van der Waals surface area (Å²) in [6, 6.07) is -0.164. The van der Waals surface area contributed by atoms with Crippen LogP contribution in [-0.4, -0.2) is 46.4 Å². The molecule has 2 N–H and O–H groups in total. The molecule has 1 aliphatic heterocycles. The molecule has 0 aromatic rings. The molecule has 0 aromatic heterocycles. The summed E-state index contributed by atoms with van der Waals surface area (Å²) >= 11 is 0. The van der Waals surface area contributed by atoms with Crippen molar-refractivity contribution >= 4 is 17.8 Å². The Morgan fingerprint density at radius 3 is 2.22 bits per heavy atom. The summed E-state index contributed by atoms with van der Waals surface area (Å²) in [6.07, 6.45) is 12.2. The number of carbonyl (C=O) groups is 3. The van der Waals surface area contributed by atoms with E-state index in [1.807, 2.05) is 4.90 Å². The first kappa shape index (κ1) is 20.2. The molecule has 2 saturated carbocycles. The summed E-state index contributed by atoms with van der Waals surface area (Å²) in [5.41, 5.74) is -0.957. The predicted octanol–water partition coefficient (Wildman–Crippen LogP) is 3.24. The Morgan fingerprint density at radius 1 is 0.963 bits per heavy atom. The number of aliphatic carboxylic acids is 1. The van der Waals surface area contributed by atoms with Crippen LogP contribution in [0.5, 0.6) is 0 Å². The van der Waals surface area contributed by atoms with E-state index in [1.165, 1.54) is 19.3 Å². The monoisotopic (exact) mass is 378 g/mol. The van der Waals surface area contributed by atoms with Gasteiger partial charge in [0, 0.05) is 19.0 Å². The number of hydrogen-bond acceptors (Lipinski definition) is 3. The highest BCUT2D eigenvalue weighted by atomic mass is 16.4. The Morgan fingerprint density at radius 2 is 1.59 bits per heavy atom. The molecule has 6 nitrogen and oxygen atoms in total. The molecular formula is C21H34N2O4. The number of carboxylic acid groups (broad SMARTS) is 1. The normalized spacial score (nSPS) is 27.0. The van der Waals surface area contributed by atoms with Crippen molar-refractivity contribution in [3.8, 4) is 0 Å². The van der Waals surface area contributed by atoms with Gasteiger partial charge in [0.25, 0.3) is 0 Å². The first-order valence-electron chi connectivity index (χ1n) is 10.9. The molecule has 2 aliphatic carbocycles. The number of nitrogens with one attached hydrogen (secondary N) is 1. The van der Waals surface area contributed by atoms with Gasteiger partial charge >= 0.3 is 5.97 Å². The number of rotatable bonds is 5. The maximum atomic E-state index is 12.9. The van der Waals surface area contributed by atoms with Crippen LogP contribution < -0.4 is 5.32 Å². The molecule has 2 amide bonds. The van der Waals surface area contributed by atoms with E-state index in [0.717, 1.165) is 51.5 Å². The maximum absolute atomic E-state index is 12.9. The second-order valence-electron chi connectivity index (χ2n) is 8.76. The zero-order valence-corrected chi connectivity index (χ0v) is 16.4. The maximum Gasteiger partial charge on any atom is 0.310 e. The molecule has 0 bridgehead atoms. The lowest BCUT2D eigenvalue weighted by Gasteiger charge is -2.40. The van der Waals surface area contributed by atoms with Gasteiger partial charge in [0.2, 0.25) is 11.8 Å². The zero-order chi connectivity index (χ0) is 19.3. The largest absolute Gasteiger partial charge is 0.481 e. The van der Waals surface area contributed by atoms with Crippen LogP contribution in [-0.2, 0) is 14.4 Å². The van der Waals surface area contributed by atoms with Crippen LogP contribution in [0.4, 0.5) is 0 Å².